The predicted molar refractivity (Wildman–Crippen MR) is 102 cm³/mol. The van der Waals surface area contributed by atoms with E-state index in [1.54, 1.807) is 17.4 Å². The van der Waals surface area contributed by atoms with Crippen molar-refractivity contribution in [2.45, 2.75) is 6.92 Å². The molecule has 0 saturated carbocycles. The molecule has 0 bridgehead atoms. The van der Waals surface area contributed by atoms with Gasteiger partial charge in [0.15, 0.2) is 0 Å². The highest BCUT2D eigenvalue weighted by atomic mass is 32.1. The first-order chi connectivity index (χ1) is 12.7. The molecule has 128 valence electrons. The van der Waals surface area contributed by atoms with Crippen molar-refractivity contribution in [2.75, 3.05) is 5.32 Å². The summed E-state index contributed by atoms with van der Waals surface area (Å²) in [7, 11) is 0. The fraction of sp³-hybridized carbons (Fsp3) is 0.0500. The molecule has 0 spiro atoms. The summed E-state index contributed by atoms with van der Waals surface area (Å²) in [5, 5.41) is 8.93. The monoisotopic (exact) mass is 361 g/mol. The van der Waals surface area contributed by atoms with Gasteiger partial charge in [-0.05, 0) is 42.6 Å². The van der Waals surface area contributed by atoms with Crippen molar-refractivity contribution >= 4 is 22.9 Å². The molecule has 4 rings (SSSR count). The highest BCUT2D eigenvalue weighted by Gasteiger charge is 2.16. The van der Waals surface area contributed by atoms with Crippen LogP contribution in [-0.4, -0.2) is 16.0 Å². The lowest BCUT2D eigenvalue weighted by molar-refractivity contribution is 0.102. The Labute approximate surface area is 154 Å². The molecular weight excluding hydrogens is 346 g/mol. The Morgan fingerprint density at radius 2 is 1.96 bits per heavy atom. The van der Waals surface area contributed by atoms with Crippen molar-refractivity contribution in [1.82, 2.24) is 10.1 Å². The van der Waals surface area contributed by atoms with Crippen molar-refractivity contribution in [1.29, 1.82) is 0 Å². The van der Waals surface area contributed by atoms with Crippen LogP contribution in [0.15, 0.2) is 70.6 Å². The first kappa shape index (κ1) is 16.2. The van der Waals surface area contributed by atoms with Gasteiger partial charge in [-0.2, -0.15) is 4.98 Å². The van der Waals surface area contributed by atoms with Crippen LogP contribution >= 0.6 is 11.3 Å². The van der Waals surface area contributed by atoms with Gasteiger partial charge in [-0.1, -0.05) is 41.1 Å². The average molecular weight is 361 g/mol. The van der Waals surface area contributed by atoms with Crippen molar-refractivity contribution < 1.29 is 9.32 Å². The Kier molecular flexibility index (Phi) is 4.33. The molecule has 0 atom stereocenters. The summed E-state index contributed by atoms with van der Waals surface area (Å²) in [6.45, 7) is 1.95. The molecule has 4 aromatic rings. The summed E-state index contributed by atoms with van der Waals surface area (Å²) >= 11 is 1.54. The van der Waals surface area contributed by atoms with Crippen LogP contribution in [0.4, 0.5) is 5.69 Å². The van der Waals surface area contributed by atoms with E-state index in [2.05, 4.69) is 15.5 Å². The van der Waals surface area contributed by atoms with Gasteiger partial charge >= 0.3 is 0 Å². The third kappa shape index (κ3) is 3.27. The zero-order valence-electron chi connectivity index (χ0n) is 14.0. The van der Waals surface area contributed by atoms with Crippen LogP contribution in [0.5, 0.6) is 0 Å². The quantitative estimate of drug-likeness (QED) is 0.554. The second kappa shape index (κ2) is 6.93. The smallest absolute Gasteiger partial charge is 0.260 e. The minimum Gasteiger partial charge on any atom is -0.334 e. The van der Waals surface area contributed by atoms with Crippen LogP contribution in [0.1, 0.15) is 15.9 Å². The van der Waals surface area contributed by atoms with Crippen LogP contribution in [0.25, 0.3) is 22.2 Å². The Morgan fingerprint density at radius 1 is 1.08 bits per heavy atom. The maximum Gasteiger partial charge on any atom is 0.260 e. The van der Waals surface area contributed by atoms with Gasteiger partial charge < -0.3 is 9.84 Å². The van der Waals surface area contributed by atoms with E-state index in [0.29, 0.717) is 28.5 Å². The average Bonchev–Trinajstić information content (AvgIpc) is 3.34. The first-order valence-electron chi connectivity index (χ1n) is 8.06. The van der Waals surface area contributed by atoms with Gasteiger partial charge in [-0.25, -0.2) is 0 Å². The van der Waals surface area contributed by atoms with Gasteiger partial charge in [0.05, 0.1) is 16.1 Å². The number of nitrogens with one attached hydrogen (secondary N) is 1. The molecule has 1 amide bonds. The van der Waals surface area contributed by atoms with Crippen LogP contribution in [-0.2, 0) is 0 Å². The standard InChI is InChI=1S/C20H15N3O2S/c1-13-6-4-7-14(12-13)19(24)21-16-9-3-2-8-15(16)20-22-18(23-25-20)17-10-5-11-26-17/h2-12H,1H3,(H,21,24). The fourth-order valence-corrected chi connectivity index (χ4v) is 3.25. The number of hydrogen-bond acceptors (Lipinski definition) is 5. The van der Waals surface area contributed by atoms with E-state index in [4.69, 9.17) is 4.52 Å². The number of thiophene rings is 1. The van der Waals surface area contributed by atoms with E-state index >= 15 is 0 Å². The molecule has 0 unspecified atom stereocenters. The number of aromatic nitrogens is 2. The Hall–Kier alpha value is -3.25. The van der Waals surface area contributed by atoms with Crippen molar-refractivity contribution in [3.05, 3.63) is 77.2 Å². The number of para-hydroxylation sites is 1. The molecule has 0 aliphatic carbocycles. The highest BCUT2D eigenvalue weighted by Crippen LogP contribution is 2.30. The molecule has 0 fully saturated rings. The zero-order valence-corrected chi connectivity index (χ0v) is 14.8. The molecule has 1 N–H and O–H groups in total. The maximum absolute atomic E-state index is 12.6. The van der Waals surface area contributed by atoms with Crippen LogP contribution in [0.3, 0.4) is 0 Å². The van der Waals surface area contributed by atoms with Gasteiger partial charge in [0.25, 0.3) is 11.8 Å². The minimum absolute atomic E-state index is 0.181. The number of rotatable bonds is 4. The topological polar surface area (TPSA) is 68.0 Å². The Bertz CT molecular complexity index is 1050. The SMILES string of the molecule is Cc1cccc(C(=O)Nc2ccccc2-c2nc(-c3cccs3)no2)c1. The molecule has 2 aromatic carbocycles. The van der Waals surface area contributed by atoms with E-state index in [0.717, 1.165) is 10.4 Å². The van der Waals surface area contributed by atoms with Gasteiger partial charge in [0.1, 0.15) is 0 Å². The number of nitrogens with zero attached hydrogens (tertiary/aromatic N) is 2. The first-order valence-corrected chi connectivity index (χ1v) is 8.94. The lowest BCUT2D eigenvalue weighted by atomic mass is 10.1. The van der Waals surface area contributed by atoms with Gasteiger partial charge in [0, 0.05) is 5.56 Å². The lowest BCUT2D eigenvalue weighted by Gasteiger charge is -2.09. The molecule has 0 saturated heterocycles. The number of carbonyl (C=O) groups is 1. The van der Waals surface area contributed by atoms with Crippen LogP contribution in [0, 0.1) is 6.92 Å². The van der Waals surface area contributed by atoms with Crippen LogP contribution < -0.4 is 5.32 Å². The summed E-state index contributed by atoms with van der Waals surface area (Å²) < 4.78 is 5.42. The number of benzene rings is 2. The fourth-order valence-electron chi connectivity index (χ4n) is 2.60. The molecule has 2 heterocycles. The number of anilines is 1. The Morgan fingerprint density at radius 3 is 2.77 bits per heavy atom. The van der Waals surface area contributed by atoms with Crippen molar-refractivity contribution in [3.63, 3.8) is 0 Å². The third-order valence-electron chi connectivity index (χ3n) is 3.85. The summed E-state index contributed by atoms with van der Waals surface area (Å²) in [5.41, 5.74) is 2.94. The Balaban J connectivity index is 1.64. The van der Waals surface area contributed by atoms with Gasteiger partial charge in [-0.15, -0.1) is 11.3 Å². The van der Waals surface area contributed by atoms with Crippen LogP contribution in [0.2, 0.25) is 0 Å². The molecule has 0 aliphatic rings. The molecule has 0 radical (unpaired) electrons. The van der Waals surface area contributed by atoms with E-state index in [-0.39, 0.29) is 5.91 Å². The molecule has 26 heavy (non-hydrogen) atoms. The van der Waals surface area contributed by atoms with Gasteiger partial charge in [-0.3, -0.25) is 4.79 Å². The predicted octanol–water partition coefficient (Wildman–Crippen LogP) is 5.03. The van der Waals surface area contributed by atoms with Crippen molar-refractivity contribution in [2.24, 2.45) is 0 Å². The van der Waals surface area contributed by atoms with Gasteiger partial charge in [0.2, 0.25) is 5.82 Å². The summed E-state index contributed by atoms with van der Waals surface area (Å²) in [6, 6.07) is 18.7. The maximum atomic E-state index is 12.6. The van der Waals surface area contributed by atoms with E-state index in [1.807, 2.05) is 66.9 Å². The van der Waals surface area contributed by atoms with E-state index in [9.17, 15) is 4.79 Å². The van der Waals surface area contributed by atoms with Crippen molar-refractivity contribution in [3.8, 4) is 22.2 Å². The lowest BCUT2D eigenvalue weighted by Crippen LogP contribution is -2.12. The zero-order chi connectivity index (χ0) is 17.9. The summed E-state index contributed by atoms with van der Waals surface area (Å²) in [6.07, 6.45) is 0. The largest absolute Gasteiger partial charge is 0.334 e. The molecule has 2 aromatic heterocycles. The minimum atomic E-state index is -0.181. The van der Waals surface area contributed by atoms with E-state index in [1.165, 1.54) is 0 Å². The summed E-state index contributed by atoms with van der Waals surface area (Å²) in [4.78, 5) is 18.0. The molecule has 5 nitrogen and oxygen atoms in total. The number of amides is 1. The second-order valence-corrected chi connectivity index (χ2v) is 6.72. The molecule has 0 aliphatic heterocycles. The third-order valence-corrected chi connectivity index (χ3v) is 4.72. The number of carbonyl (C=O) groups excluding carboxylic acids is 1. The number of hydrogen-bond donors (Lipinski definition) is 1. The normalized spacial score (nSPS) is 10.7. The highest BCUT2D eigenvalue weighted by molar-refractivity contribution is 7.13. The number of aryl methyl sites for hydroxylation is 1. The summed E-state index contributed by atoms with van der Waals surface area (Å²) in [5.74, 6) is 0.725. The van der Waals surface area contributed by atoms with E-state index < -0.39 is 0 Å². The molecular formula is C20H15N3O2S. The second-order valence-electron chi connectivity index (χ2n) is 5.77. The molecule has 6 heteroatoms.